The number of hydrogen-bond acceptors (Lipinski definition) is 3. The molecule has 0 aliphatic carbocycles. The van der Waals surface area contributed by atoms with E-state index >= 15 is 0 Å². The van der Waals surface area contributed by atoms with Gasteiger partial charge < -0.3 is 10.7 Å². The molecular formula is C11H10FN3O. The molecule has 3 N–H and O–H groups in total. The fourth-order valence-corrected chi connectivity index (χ4v) is 1.43. The van der Waals surface area contributed by atoms with Crippen molar-refractivity contribution in [2.45, 2.75) is 6.42 Å². The van der Waals surface area contributed by atoms with Gasteiger partial charge in [-0.1, -0.05) is 18.2 Å². The summed E-state index contributed by atoms with van der Waals surface area (Å²) < 4.78 is 13.3. The van der Waals surface area contributed by atoms with Crippen molar-refractivity contribution in [2.24, 2.45) is 0 Å². The van der Waals surface area contributed by atoms with Gasteiger partial charge in [0.1, 0.15) is 17.5 Å². The molecule has 2 rings (SSSR count). The first-order valence-corrected chi connectivity index (χ1v) is 4.74. The van der Waals surface area contributed by atoms with E-state index in [9.17, 15) is 9.18 Å². The van der Waals surface area contributed by atoms with Gasteiger partial charge in [-0.2, -0.15) is 0 Å². The molecule has 0 atom stereocenters. The average molecular weight is 219 g/mol. The Morgan fingerprint density at radius 1 is 1.38 bits per heavy atom. The molecule has 0 bridgehead atoms. The van der Waals surface area contributed by atoms with Gasteiger partial charge in [0.15, 0.2) is 0 Å². The lowest BCUT2D eigenvalue weighted by atomic mass is 10.1. The zero-order valence-electron chi connectivity index (χ0n) is 8.40. The number of nitrogens with two attached hydrogens (primary N) is 1. The van der Waals surface area contributed by atoms with Gasteiger partial charge in [0.25, 0.3) is 5.56 Å². The lowest BCUT2D eigenvalue weighted by Crippen LogP contribution is -2.12. The second kappa shape index (κ2) is 4.14. The number of anilines is 1. The third-order valence-corrected chi connectivity index (χ3v) is 2.13. The fourth-order valence-electron chi connectivity index (χ4n) is 1.43. The molecule has 16 heavy (non-hydrogen) atoms. The molecule has 0 radical (unpaired) electrons. The molecule has 5 heteroatoms. The molecule has 0 aliphatic rings. The monoisotopic (exact) mass is 219 g/mol. The van der Waals surface area contributed by atoms with Crippen molar-refractivity contribution < 1.29 is 4.39 Å². The Kier molecular flexibility index (Phi) is 2.68. The van der Waals surface area contributed by atoms with E-state index in [0.717, 1.165) is 0 Å². The first-order chi connectivity index (χ1) is 7.65. The van der Waals surface area contributed by atoms with E-state index in [1.165, 1.54) is 12.1 Å². The maximum Gasteiger partial charge on any atom is 0.252 e. The molecule has 0 aliphatic heterocycles. The summed E-state index contributed by atoms with van der Waals surface area (Å²) in [5.74, 6) is 0.165. The standard InChI is InChI=1S/C11H10FN3O/c12-8-4-2-1-3-7(8)5-10-14-9(13)6-11(16)15-10/h1-4,6H,5H2,(H3,13,14,15,16). The van der Waals surface area contributed by atoms with Crippen LogP contribution in [-0.4, -0.2) is 9.97 Å². The van der Waals surface area contributed by atoms with E-state index in [-0.39, 0.29) is 23.6 Å². The van der Waals surface area contributed by atoms with Crippen molar-refractivity contribution in [3.8, 4) is 0 Å². The average Bonchev–Trinajstić information content (AvgIpc) is 2.20. The van der Waals surface area contributed by atoms with Crippen LogP contribution in [0.15, 0.2) is 35.1 Å². The molecule has 82 valence electrons. The van der Waals surface area contributed by atoms with Crippen molar-refractivity contribution in [1.29, 1.82) is 0 Å². The Labute approximate surface area is 91.0 Å². The van der Waals surface area contributed by atoms with Crippen LogP contribution in [0.4, 0.5) is 10.2 Å². The number of rotatable bonds is 2. The topological polar surface area (TPSA) is 71.8 Å². The van der Waals surface area contributed by atoms with E-state index in [0.29, 0.717) is 11.4 Å². The Morgan fingerprint density at radius 3 is 2.81 bits per heavy atom. The lowest BCUT2D eigenvalue weighted by Gasteiger charge is -2.02. The molecular weight excluding hydrogens is 209 g/mol. The van der Waals surface area contributed by atoms with Crippen LogP contribution in [-0.2, 0) is 6.42 Å². The highest BCUT2D eigenvalue weighted by molar-refractivity contribution is 5.27. The van der Waals surface area contributed by atoms with Gasteiger partial charge >= 0.3 is 0 Å². The summed E-state index contributed by atoms with van der Waals surface area (Å²) in [6.07, 6.45) is 0.215. The summed E-state index contributed by atoms with van der Waals surface area (Å²) in [5.41, 5.74) is 5.56. The quantitative estimate of drug-likeness (QED) is 0.793. The second-order valence-electron chi connectivity index (χ2n) is 3.39. The van der Waals surface area contributed by atoms with E-state index in [1.54, 1.807) is 18.2 Å². The third kappa shape index (κ3) is 2.25. The first-order valence-electron chi connectivity index (χ1n) is 4.74. The highest BCUT2D eigenvalue weighted by Gasteiger charge is 2.04. The Balaban J connectivity index is 2.34. The number of halogens is 1. The summed E-state index contributed by atoms with van der Waals surface area (Å²) in [4.78, 5) is 17.6. The van der Waals surface area contributed by atoms with Crippen molar-refractivity contribution in [1.82, 2.24) is 9.97 Å². The largest absolute Gasteiger partial charge is 0.383 e. The number of hydrogen-bond donors (Lipinski definition) is 2. The van der Waals surface area contributed by atoms with Gasteiger partial charge in [-0.15, -0.1) is 0 Å². The summed E-state index contributed by atoms with van der Waals surface area (Å²) in [6, 6.07) is 7.51. The zero-order chi connectivity index (χ0) is 11.5. The third-order valence-electron chi connectivity index (χ3n) is 2.13. The molecule has 0 unspecified atom stereocenters. The van der Waals surface area contributed by atoms with Crippen molar-refractivity contribution in [2.75, 3.05) is 5.73 Å². The van der Waals surface area contributed by atoms with Gasteiger partial charge in [0.2, 0.25) is 0 Å². The van der Waals surface area contributed by atoms with Crippen LogP contribution in [0.1, 0.15) is 11.4 Å². The molecule has 2 aromatic rings. The van der Waals surface area contributed by atoms with E-state index in [4.69, 9.17) is 5.73 Å². The molecule has 0 fully saturated rings. The van der Waals surface area contributed by atoms with Crippen molar-refractivity contribution in [3.63, 3.8) is 0 Å². The normalized spacial score (nSPS) is 10.3. The minimum atomic E-state index is -0.334. The van der Waals surface area contributed by atoms with Gasteiger partial charge in [-0.05, 0) is 11.6 Å². The predicted molar refractivity (Wildman–Crippen MR) is 58.5 cm³/mol. The molecule has 4 nitrogen and oxygen atoms in total. The fraction of sp³-hybridized carbons (Fsp3) is 0.0909. The Morgan fingerprint density at radius 2 is 2.12 bits per heavy atom. The number of nitrogens with one attached hydrogen (secondary N) is 1. The molecule has 1 heterocycles. The number of benzene rings is 1. The van der Waals surface area contributed by atoms with Crippen LogP contribution < -0.4 is 11.3 Å². The van der Waals surface area contributed by atoms with Gasteiger partial charge in [-0.3, -0.25) is 4.79 Å². The minimum absolute atomic E-state index is 0.134. The number of nitrogens with zero attached hydrogens (tertiary/aromatic N) is 1. The number of aromatic nitrogens is 2. The molecule has 0 saturated carbocycles. The van der Waals surface area contributed by atoms with E-state index < -0.39 is 0 Å². The number of nitrogen functional groups attached to an aromatic ring is 1. The number of H-pyrrole nitrogens is 1. The van der Waals surface area contributed by atoms with Crippen LogP contribution in [0.5, 0.6) is 0 Å². The molecule has 0 spiro atoms. The summed E-state index contributed by atoms with van der Waals surface area (Å²) >= 11 is 0. The summed E-state index contributed by atoms with van der Waals surface area (Å²) in [7, 11) is 0. The zero-order valence-corrected chi connectivity index (χ0v) is 8.40. The van der Waals surface area contributed by atoms with Crippen LogP contribution >= 0.6 is 0 Å². The van der Waals surface area contributed by atoms with E-state index in [1.807, 2.05) is 0 Å². The maximum absolute atomic E-state index is 13.3. The Hall–Kier alpha value is -2.17. The van der Waals surface area contributed by atoms with Gasteiger partial charge in [0, 0.05) is 12.5 Å². The van der Waals surface area contributed by atoms with Crippen molar-refractivity contribution >= 4 is 5.82 Å². The smallest absolute Gasteiger partial charge is 0.252 e. The number of aromatic amines is 1. The molecule has 0 saturated heterocycles. The highest BCUT2D eigenvalue weighted by atomic mass is 19.1. The summed E-state index contributed by atoms with van der Waals surface area (Å²) in [6.45, 7) is 0. The van der Waals surface area contributed by atoms with Crippen LogP contribution in [0.3, 0.4) is 0 Å². The summed E-state index contributed by atoms with van der Waals surface area (Å²) in [5, 5.41) is 0. The molecule has 1 aromatic heterocycles. The van der Waals surface area contributed by atoms with Crippen molar-refractivity contribution in [3.05, 3.63) is 57.9 Å². The molecule has 0 amide bonds. The first kappa shape index (κ1) is 10.4. The van der Waals surface area contributed by atoms with Gasteiger partial charge in [0.05, 0.1) is 0 Å². The lowest BCUT2D eigenvalue weighted by molar-refractivity contribution is 0.612. The highest BCUT2D eigenvalue weighted by Crippen LogP contribution is 2.09. The predicted octanol–water partition coefficient (Wildman–Crippen LogP) is 1.08. The second-order valence-corrected chi connectivity index (χ2v) is 3.39. The minimum Gasteiger partial charge on any atom is -0.383 e. The van der Waals surface area contributed by atoms with Crippen LogP contribution in [0.2, 0.25) is 0 Å². The van der Waals surface area contributed by atoms with Crippen LogP contribution in [0.25, 0.3) is 0 Å². The SMILES string of the molecule is Nc1cc(=O)[nH]c(Cc2ccccc2F)n1. The molecule has 1 aromatic carbocycles. The van der Waals surface area contributed by atoms with E-state index in [2.05, 4.69) is 9.97 Å². The Bertz CT molecular complexity index is 565. The van der Waals surface area contributed by atoms with Gasteiger partial charge in [-0.25, -0.2) is 9.37 Å². The maximum atomic E-state index is 13.3. The van der Waals surface area contributed by atoms with Crippen LogP contribution in [0, 0.1) is 5.82 Å².